The molecule has 0 spiro atoms. The van der Waals surface area contributed by atoms with Crippen LogP contribution < -0.4 is 0 Å². The Hall–Kier alpha value is -0.720. The summed E-state index contributed by atoms with van der Waals surface area (Å²) in [5, 5.41) is 0. The van der Waals surface area contributed by atoms with Crippen LogP contribution in [0.1, 0.15) is 7.85 Å². The van der Waals surface area contributed by atoms with Crippen molar-refractivity contribution < 1.29 is 6.16 Å². The van der Waals surface area contributed by atoms with Gasteiger partial charge in [0.1, 0.15) is 0 Å². The van der Waals surface area contributed by atoms with Crippen LogP contribution in [0.3, 0.4) is 0 Å². The number of rotatable bonds is 0. The van der Waals surface area contributed by atoms with Gasteiger partial charge in [-0.15, -0.1) is 0 Å². The molecule has 0 N–H and O–H groups in total. The first-order chi connectivity index (χ1) is 3.00. The summed E-state index contributed by atoms with van der Waals surface area (Å²) in [6.07, 6.45) is 8.29. The monoisotopic (exact) mass is 83.0 g/mol. The van der Waals surface area contributed by atoms with E-state index in [1.807, 2.05) is 12.2 Å². The molecule has 0 aromatic rings. The standard InChI is InChI=1S/C5H6O/c1-2-4-6-5-3-1/h2-5H,1H2/p+1. The normalized spacial score (nSPS) is 17.3. The molecule has 1 heteroatoms. The van der Waals surface area contributed by atoms with Crippen molar-refractivity contribution >= 4 is 0 Å². The van der Waals surface area contributed by atoms with E-state index < -0.39 is 0 Å². The Labute approximate surface area is 38.4 Å². The van der Waals surface area contributed by atoms with Gasteiger partial charge in [0.2, 0.25) is 0 Å². The molecule has 32 valence electrons. The highest BCUT2D eigenvalue weighted by Gasteiger charge is 1.75. The van der Waals surface area contributed by atoms with E-state index in [4.69, 9.17) is 4.74 Å². The molecule has 0 aliphatic carbocycles. The van der Waals surface area contributed by atoms with Gasteiger partial charge in [-0.05, 0) is 18.6 Å². The summed E-state index contributed by atoms with van der Waals surface area (Å²) < 4.78 is 4.71. The van der Waals surface area contributed by atoms with Crippen molar-refractivity contribution in [1.29, 1.82) is 0 Å². The van der Waals surface area contributed by atoms with E-state index in [9.17, 15) is 0 Å². The lowest BCUT2D eigenvalue weighted by Crippen LogP contribution is -1.71. The van der Waals surface area contributed by atoms with Gasteiger partial charge in [0, 0.05) is 0 Å². The quantitative estimate of drug-likeness (QED) is 0.431. The molecule has 1 heterocycles. The molecule has 0 saturated heterocycles. The Morgan fingerprint density at radius 2 is 2.00 bits per heavy atom. The maximum absolute atomic E-state index is 4.71. The highest BCUT2D eigenvalue weighted by atomic mass is 16.5. The molecule has 0 saturated carbocycles. The summed E-state index contributed by atoms with van der Waals surface area (Å²) in [6, 6.07) is 0. The first-order valence-corrected chi connectivity index (χ1v) is 1.95. The summed E-state index contributed by atoms with van der Waals surface area (Å²) in [7, 11) is 0. The maximum Gasteiger partial charge on any atom is 1.00 e. The van der Waals surface area contributed by atoms with Crippen LogP contribution in [0, 0.1) is 0 Å². The molecular formula is C5H7O+. The largest absolute Gasteiger partial charge is 1.00 e. The molecule has 1 aliphatic rings. The van der Waals surface area contributed by atoms with Crippen LogP contribution in [0.25, 0.3) is 0 Å². The second kappa shape index (κ2) is 1.65. The molecule has 0 bridgehead atoms. The first-order valence-electron chi connectivity index (χ1n) is 1.95. The van der Waals surface area contributed by atoms with E-state index >= 15 is 0 Å². The molecule has 0 radical (unpaired) electrons. The highest BCUT2D eigenvalue weighted by molar-refractivity contribution is 4.92. The zero-order chi connectivity index (χ0) is 4.24. The maximum atomic E-state index is 4.71. The third-order valence-corrected chi connectivity index (χ3v) is 0.622. The van der Waals surface area contributed by atoms with Crippen molar-refractivity contribution in [3.63, 3.8) is 0 Å². The first kappa shape index (κ1) is 3.47. The SMILES string of the molecule is C1=COC=CC1.[H+]. The summed E-state index contributed by atoms with van der Waals surface area (Å²) >= 11 is 0. The topological polar surface area (TPSA) is 9.23 Å². The van der Waals surface area contributed by atoms with Gasteiger partial charge < -0.3 is 4.74 Å². The van der Waals surface area contributed by atoms with E-state index in [0.29, 0.717) is 0 Å². The highest BCUT2D eigenvalue weighted by Crippen LogP contribution is 1.93. The molecule has 1 nitrogen and oxygen atoms in total. The summed E-state index contributed by atoms with van der Waals surface area (Å²) in [5.41, 5.74) is 0. The predicted molar refractivity (Wildman–Crippen MR) is 25.1 cm³/mol. The Morgan fingerprint density at radius 3 is 2.17 bits per heavy atom. The minimum absolute atomic E-state index is 0. The fourth-order valence-electron chi connectivity index (χ4n) is 0.346. The number of hydrogen-bond donors (Lipinski definition) is 0. The van der Waals surface area contributed by atoms with Gasteiger partial charge in [-0.2, -0.15) is 0 Å². The molecule has 0 aromatic carbocycles. The molecule has 0 amide bonds. The summed E-state index contributed by atoms with van der Waals surface area (Å²) in [5.74, 6) is 0. The fourth-order valence-corrected chi connectivity index (χ4v) is 0.346. The number of hydrogen-bond acceptors (Lipinski definition) is 1. The molecule has 0 atom stereocenters. The molecule has 1 rings (SSSR count). The third kappa shape index (κ3) is 0.612. The van der Waals surface area contributed by atoms with Crippen LogP contribution in [-0.4, -0.2) is 0 Å². The molecule has 1 aliphatic heterocycles. The van der Waals surface area contributed by atoms with Crippen LogP contribution in [0.2, 0.25) is 0 Å². The van der Waals surface area contributed by atoms with Crippen molar-refractivity contribution in [1.82, 2.24) is 0 Å². The van der Waals surface area contributed by atoms with Crippen LogP contribution in [0.15, 0.2) is 24.7 Å². The van der Waals surface area contributed by atoms with E-state index in [0.717, 1.165) is 6.42 Å². The Balaban J connectivity index is 0.000000360. The van der Waals surface area contributed by atoms with E-state index in [1.54, 1.807) is 12.5 Å². The zero-order valence-corrected chi connectivity index (χ0v) is 3.42. The van der Waals surface area contributed by atoms with Crippen molar-refractivity contribution in [3.05, 3.63) is 24.7 Å². The predicted octanol–water partition coefficient (Wildman–Crippen LogP) is 1.55. The minimum atomic E-state index is 0. The molecule has 0 fully saturated rings. The summed E-state index contributed by atoms with van der Waals surface area (Å²) in [6.45, 7) is 0. The van der Waals surface area contributed by atoms with Crippen LogP contribution in [0.4, 0.5) is 0 Å². The zero-order valence-electron chi connectivity index (χ0n) is 4.42. The summed E-state index contributed by atoms with van der Waals surface area (Å²) in [4.78, 5) is 0. The lowest BCUT2D eigenvalue weighted by molar-refractivity contribution is 0.393. The second-order valence-electron chi connectivity index (χ2n) is 1.12. The van der Waals surface area contributed by atoms with Crippen molar-refractivity contribution in [2.75, 3.05) is 0 Å². The number of ether oxygens (including phenoxy) is 1. The third-order valence-electron chi connectivity index (χ3n) is 0.622. The average molecular weight is 83.1 g/mol. The average Bonchev–Trinajstić information content (AvgIpc) is 1.72. The van der Waals surface area contributed by atoms with Crippen LogP contribution >= 0.6 is 0 Å². The van der Waals surface area contributed by atoms with Gasteiger partial charge >= 0.3 is 1.43 Å². The number of allylic oxidation sites excluding steroid dienone is 2. The van der Waals surface area contributed by atoms with Gasteiger partial charge in [0.05, 0.1) is 12.5 Å². The van der Waals surface area contributed by atoms with Crippen molar-refractivity contribution in [2.45, 2.75) is 6.42 Å². The van der Waals surface area contributed by atoms with E-state index in [-0.39, 0.29) is 1.43 Å². The Bertz CT molecular complexity index is 66.1. The molecule has 0 unspecified atom stereocenters. The van der Waals surface area contributed by atoms with E-state index in [2.05, 4.69) is 0 Å². The van der Waals surface area contributed by atoms with Crippen LogP contribution in [-0.2, 0) is 4.74 Å². The van der Waals surface area contributed by atoms with Gasteiger partial charge in [-0.1, -0.05) is 0 Å². The molecule has 0 aromatic heterocycles. The van der Waals surface area contributed by atoms with Crippen molar-refractivity contribution in [3.8, 4) is 0 Å². The Kier molecular flexibility index (Phi) is 0.955. The smallest absolute Gasteiger partial charge is 0.473 e. The molecular weight excluding hydrogens is 76.1 g/mol. The Morgan fingerprint density at radius 1 is 1.33 bits per heavy atom. The van der Waals surface area contributed by atoms with E-state index in [1.165, 1.54) is 0 Å². The molecule has 6 heavy (non-hydrogen) atoms. The lowest BCUT2D eigenvalue weighted by Gasteiger charge is -1.91. The van der Waals surface area contributed by atoms with Gasteiger partial charge in [0.15, 0.2) is 0 Å². The van der Waals surface area contributed by atoms with Crippen LogP contribution in [0.5, 0.6) is 0 Å². The van der Waals surface area contributed by atoms with Gasteiger partial charge in [-0.25, -0.2) is 0 Å². The lowest BCUT2D eigenvalue weighted by atomic mass is 10.4. The van der Waals surface area contributed by atoms with Gasteiger partial charge in [-0.3, -0.25) is 0 Å². The van der Waals surface area contributed by atoms with Gasteiger partial charge in [0.25, 0.3) is 0 Å². The van der Waals surface area contributed by atoms with Crippen molar-refractivity contribution in [2.24, 2.45) is 0 Å². The fraction of sp³-hybridized carbons (Fsp3) is 0.200. The minimum Gasteiger partial charge on any atom is -0.473 e. The second-order valence-corrected chi connectivity index (χ2v) is 1.12.